The SMILES string of the molecule is C=CC[C@H](O)[C@H](C)[C@H](O)C1CCCCC1. The maximum absolute atomic E-state index is 10.1. The molecule has 2 N–H and O–H groups in total. The summed E-state index contributed by atoms with van der Waals surface area (Å²) in [5.41, 5.74) is 0. The van der Waals surface area contributed by atoms with Gasteiger partial charge >= 0.3 is 0 Å². The summed E-state index contributed by atoms with van der Waals surface area (Å²) < 4.78 is 0. The lowest BCUT2D eigenvalue weighted by atomic mass is 9.79. The number of aliphatic hydroxyl groups is 2. The highest BCUT2D eigenvalue weighted by molar-refractivity contribution is 4.84. The molecular formula is C13H24O2. The molecule has 0 radical (unpaired) electrons. The Kier molecular flexibility index (Phi) is 5.34. The molecule has 2 nitrogen and oxygen atoms in total. The molecule has 0 aromatic heterocycles. The van der Waals surface area contributed by atoms with Crippen molar-refractivity contribution in [3.05, 3.63) is 12.7 Å². The van der Waals surface area contributed by atoms with Crippen molar-refractivity contribution in [2.24, 2.45) is 11.8 Å². The van der Waals surface area contributed by atoms with Crippen molar-refractivity contribution in [3.8, 4) is 0 Å². The fourth-order valence-corrected chi connectivity index (χ4v) is 2.52. The monoisotopic (exact) mass is 212 g/mol. The summed E-state index contributed by atoms with van der Waals surface area (Å²) in [5.74, 6) is 0.360. The molecule has 1 aliphatic rings. The van der Waals surface area contributed by atoms with Crippen LogP contribution in [0.15, 0.2) is 12.7 Å². The van der Waals surface area contributed by atoms with Crippen molar-refractivity contribution >= 4 is 0 Å². The molecule has 88 valence electrons. The van der Waals surface area contributed by atoms with Gasteiger partial charge < -0.3 is 10.2 Å². The number of hydrogen-bond donors (Lipinski definition) is 2. The Morgan fingerprint density at radius 1 is 1.27 bits per heavy atom. The Bertz CT molecular complexity index is 185. The van der Waals surface area contributed by atoms with E-state index in [1.54, 1.807) is 6.08 Å². The molecule has 1 saturated carbocycles. The van der Waals surface area contributed by atoms with Gasteiger partial charge in [-0.15, -0.1) is 6.58 Å². The van der Waals surface area contributed by atoms with E-state index in [9.17, 15) is 10.2 Å². The van der Waals surface area contributed by atoms with E-state index in [0.29, 0.717) is 12.3 Å². The molecule has 0 unspecified atom stereocenters. The van der Waals surface area contributed by atoms with Crippen LogP contribution in [0, 0.1) is 11.8 Å². The van der Waals surface area contributed by atoms with Gasteiger partial charge in [-0.2, -0.15) is 0 Å². The molecule has 0 amide bonds. The zero-order valence-corrected chi connectivity index (χ0v) is 9.73. The fraction of sp³-hybridized carbons (Fsp3) is 0.846. The third-order valence-electron chi connectivity index (χ3n) is 3.69. The zero-order valence-electron chi connectivity index (χ0n) is 9.73. The topological polar surface area (TPSA) is 40.5 Å². The Balaban J connectivity index is 2.42. The van der Waals surface area contributed by atoms with Crippen LogP contribution in [0.5, 0.6) is 0 Å². The second-order valence-corrected chi connectivity index (χ2v) is 4.84. The van der Waals surface area contributed by atoms with E-state index in [2.05, 4.69) is 6.58 Å². The molecule has 0 bridgehead atoms. The smallest absolute Gasteiger partial charge is 0.0624 e. The summed E-state index contributed by atoms with van der Waals surface area (Å²) in [6, 6.07) is 0. The normalized spacial score (nSPS) is 24.5. The molecule has 15 heavy (non-hydrogen) atoms. The van der Waals surface area contributed by atoms with Gasteiger partial charge in [0.2, 0.25) is 0 Å². The summed E-state index contributed by atoms with van der Waals surface area (Å²) in [6.07, 6.45) is 7.49. The predicted molar refractivity (Wildman–Crippen MR) is 62.6 cm³/mol. The maximum atomic E-state index is 10.1. The van der Waals surface area contributed by atoms with Crippen molar-refractivity contribution < 1.29 is 10.2 Å². The summed E-state index contributed by atoms with van der Waals surface area (Å²) in [6.45, 7) is 5.55. The van der Waals surface area contributed by atoms with E-state index in [0.717, 1.165) is 12.8 Å². The largest absolute Gasteiger partial charge is 0.392 e. The van der Waals surface area contributed by atoms with Crippen LogP contribution in [-0.2, 0) is 0 Å². The summed E-state index contributed by atoms with van der Waals surface area (Å²) in [7, 11) is 0. The van der Waals surface area contributed by atoms with Crippen LogP contribution in [0.2, 0.25) is 0 Å². The average Bonchev–Trinajstić information content (AvgIpc) is 2.28. The number of rotatable bonds is 5. The van der Waals surface area contributed by atoms with Crippen LogP contribution >= 0.6 is 0 Å². The Morgan fingerprint density at radius 2 is 1.87 bits per heavy atom. The highest BCUT2D eigenvalue weighted by Gasteiger charge is 2.29. The Morgan fingerprint density at radius 3 is 2.40 bits per heavy atom. The van der Waals surface area contributed by atoms with E-state index in [1.165, 1.54) is 19.3 Å². The third-order valence-corrected chi connectivity index (χ3v) is 3.69. The van der Waals surface area contributed by atoms with Crippen LogP contribution in [0.4, 0.5) is 0 Å². The van der Waals surface area contributed by atoms with Gasteiger partial charge in [-0.05, 0) is 25.2 Å². The van der Waals surface area contributed by atoms with Gasteiger partial charge in [0.15, 0.2) is 0 Å². The van der Waals surface area contributed by atoms with Crippen molar-refractivity contribution in [1.82, 2.24) is 0 Å². The molecule has 1 rings (SSSR count). The molecule has 1 fully saturated rings. The second kappa shape index (κ2) is 6.29. The van der Waals surface area contributed by atoms with Gasteiger partial charge in [-0.25, -0.2) is 0 Å². The van der Waals surface area contributed by atoms with E-state index < -0.39 is 6.10 Å². The predicted octanol–water partition coefficient (Wildman–Crippen LogP) is 2.50. The first kappa shape index (κ1) is 12.7. The lowest BCUT2D eigenvalue weighted by Gasteiger charge is -2.32. The quantitative estimate of drug-likeness (QED) is 0.687. The summed E-state index contributed by atoms with van der Waals surface area (Å²) in [4.78, 5) is 0. The van der Waals surface area contributed by atoms with Crippen LogP contribution < -0.4 is 0 Å². The van der Waals surface area contributed by atoms with E-state index in [-0.39, 0.29) is 12.0 Å². The fourth-order valence-electron chi connectivity index (χ4n) is 2.52. The lowest BCUT2D eigenvalue weighted by molar-refractivity contribution is -0.0182. The standard InChI is InChI=1S/C13H24O2/c1-3-7-12(14)10(2)13(15)11-8-5-4-6-9-11/h3,10-15H,1,4-9H2,2H3/t10-,12-,13-/m0/s1. The summed E-state index contributed by atoms with van der Waals surface area (Å²) in [5, 5.41) is 19.9. The molecule has 2 heteroatoms. The molecule has 3 atom stereocenters. The van der Waals surface area contributed by atoms with Gasteiger partial charge in [0.25, 0.3) is 0 Å². The van der Waals surface area contributed by atoms with Gasteiger partial charge in [0.1, 0.15) is 0 Å². The highest BCUT2D eigenvalue weighted by Crippen LogP contribution is 2.30. The van der Waals surface area contributed by atoms with Crippen LogP contribution in [0.3, 0.4) is 0 Å². The van der Waals surface area contributed by atoms with Crippen LogP contribution in [0.25, 0.3) is 0 Å². The molecule has 0 aromatic rings. The van der Waals surface area contributed by atoms with E-state index >= 15 is 0 Å². The Hall–Kier alpha value is -0.340. The maximum Gasteiger partial charge on any atom is 0.0624 e. The summed E-state index contributed by atoms with van der Waals surface area (Å²) >= 11 is 0. The van der Waals surface area contributed by atoms with E-state index in [4.69, 9.17) is 0 Å². The van der Waals surface area contributed by atoms with Crippen molar-refractivity contribution in [3.63, 3.8) is 0 Å². The lowest BCUT2D eigenvalue weighted by Crippen LogP contribution is -2.35. The van der Waals surface area contributed by atoms with Gasteiger partial charge in [-0.3, -0.25) is 0 Å². The van der Waals surface area contributed by atoms with Crippen LogP contribution in [-0.4, -0.2) is 22.4 Å². The third kappa shape index (κ3) is 3.62. The molecule has 0 aliphatic heterocycles. The first-order chi connectivity index (χ1) is 7.16. The average molecular weight is 212 g/mol. The molecule has 0 heterocycles. The molecule has 0 saturated heterocycles. The van der Waals surface area contributed by atoms with Crippen molar-refractivity contribution in [2.75, 3.05) is 0 Å². The van der Waals surface area contributed by atoms with Crippen molar-refractivity contribution in [1.29, 1.82) is 0 Å². The minimum Gasteiger partial charge on any atom is -0.392 e. The van der Waals surface area contributed by atoms with Gasteiger partial charge in [0.05, 0.1) is 12.2 Å². The minimum absolute atomic E-state index is 0.0360. The number of aliphatic hydroxyl groups excluding tert-OH is 2. The Labute approximate surface area is 93.0 Å². The van der Waals surface area contributed by atoms with Crippen LogP contribution in [0.1, 0.15) is 45.4 Å². The highest BCUT2D eigenvalue weighted by atomic mass is 16.3. The van der Waals surface area contributed by atoms with Gasteiger partial charge in [0, 0.05) is 5.92 Å². The second-order valence-electron chi connectivity index (χ2n) is 4.84. The first-order valence-electron chi connectivity index (χ1n) is 6.13. The minimum atomic E-state index is -0.445. The van der Waals surface area contributed by atoms with Crippen molar-refractivity contribution in [2.45, 2.75) is 57.7 Å². The first-order valence-corrected chi connectivity index (χ1v) is 6.13. The molecule has 0 aromatic carbocycles. The zero-order chi connectivity index (χ0) is 11.3. The molecule has 0 spiro atoms. The number of hydrogen-bond acceptors (Lipinski definition) is 2. The molecular weight excluding hydrogens is 188 g/mol. The van der Waals surface area contributed by atoms with Gasteiger partial charge in [-0.1, -0.05) is 32.3 Å². The molecule has 1 aliphatic carbocycles. The van der Waals surface area contributed by atoms with E-state index in [1.807, 2.05) is 6.92 Å².